The Kier molecular flexibility index (Phi) is 7.19. The summed E-state index contributed by atoms with van der Waals surface area (Å²) in [5.74, 6) is -2.92. The molecule has 14 heteroatoms. The highest BCUT2D eigenvalue weighted by molar-refractivity contribution is 6.08. The van der Waals surface area contributed by atoms with E-state index >= 15 is 0 Å². The molecule has 6 aromatic heterocycles. The first kappa shape index (κ1) is 33.0. The third-order valence-corrected chi connectivity index (χ3v) is 10.6. The SMILES string of the molecule is COC1=Cc2ccnc3c(-c4cnc5c6c(ccnc46)C=C(O)C5(OC)c4cnc5c6c(ccnc46)C=C(O)C5(OC)OC)cnc(c23)C1(OC)OC. The summed E-state index contributed by atoms with van der Waals surface area (Å²) in [6.07, 6.45) is 15.0. The Labute approximate surface area is 302 Å². The van der Waals surface area contributed by atoms with E-state index < -0.39 is 17.2 Å². The molecule has 0 saturated carbocycles. The summed E-state index contributed by atoms with van der Waals surface area (Å²) in [5, 5.41) is 24.9. The van der Waals surface area contributed by atoms with Crippen LogP contribution in [0.25, 0.3) is 62.1 Å². The van der Waals surface area contributed by atoms with E-state index in [0.717, 1.165) is 10.9 Å². The molecular weight excluding hydrogens is 680 g/mol. The Bertz CT molecular complexity index is 2650. The van der Waals surface area contributed by atoms with Crippen molar-refractivity contribution in [1.82, 2.24) is 29.9 Å². The van der Waals surface area contributed by atoms with E-state index in [2.05, 4.69) is 0 Å². The van der Waals surface area contributed by atoms with Gasteiger partial charge in [-0.05, 0) is 53.1 Å². The molecule has 0 fully saturated rings. The number of methoxy groups -OCH3 is 6. The number of aliphatic hydroxyl groups is 2. The van der Waals surface area contributed by atoms with Gasteiger partial charge in [0.1, 0.15) is 17.1 Å². The van der Waals surface area contributed by atoms with Crippen molar-refractivity contribution < 1.29 is 38.6 Å². The van der Waals surface area contributed by atoms with Crippen molar-refractivity contribution in [3.8, 4) is 11.1 Å². The van der Waals surface area contributed by atoms with Gasteiger partial charge in [-0.15, -0.1) is 0 Å². The summed E-state index contributed by atoms with van der Waals surface area (Å²) in [6.45, 7) is 0. The Morgan fingerprint density at radius 1 is 0.491 bits per heavy atom. The van der Waals surface area contributed by atoms with E-state index in [1.165, 1.54) is 41.7 Å². The molecule has 0 radical (unpaired) electrons. The molecule has 6 heterocycles. The summed E-state index contributed by atoms with van der Waals surface area (Å²) < 4.78 is 35.3. The van der Waals surface area contributed by atoms with Crippen LogP contribution in [0.2, 0.25) is 0 Å². The topological polar surface area (TPSA) is 173 Å². The van der Waals surface area contributed by atoms with Gasteiger partial charge in [-0.2, -0.15) is 0 Å². The molecule has 1 atom stereocenters. The van der Waals surface area contributed by atoms with Crippen LogP contribution >= 0.6 is 0 Å². The van der Waals surface area contributed by atoms with Gasteiger partial charge in [0.15, 0.2) is 17.1 Å². The lowest BCUT2D eigenvalue weighted by Gasteiger charge is -2.37. The maximum atomic E-state index is 12.0. The predicted molar refractivity (Wildman–Crippen MR) is 193 cm³/mol. The van der Waals surface area contributed by atoms with Gasteiger partial charge in [0.05, 0.1) is 29.4 Å². The minimum Gasteiger partial charge on any atom is -0.508 e. The number of hydrogen-bond donors (Lipinski definition) is 2. The molecule has 0 aliphatic heterocycles. The molecule has 3 aliphatic rings. The molecule has 6 aromatic rings. The number of aromatic nitrogens is 6. The van der Waals surface area contributed by atoms with Crippen LogP contribution in [0.1, 0.15) is 39.3 Å². The normalized spacial score (nSPS) is 19.2. The standard InChI is InChI=1S/C39H32N6O8/c1-48-27-15-21-9-11-41-32-23(17-44-36(29(21)32)39(27,52-5)53-6)22-16-43-34-28-19(7-10-40-31(22)28)13-25(46)37(34,49-2)24-18-45-35-30-20(8-12-42-33(24)30)14-26(47)38(35,50-3)51-4/h7-18,46-47H,1-6H3. The van der Waals surface area contributed by atoms with Gasteiger partial charge in [0.2, 0.25) is 0 Å². The van der Waals surface area contributed by atoms with Gasteiger partial charge in [-0.1, -0.05) is 0 Å². The number of rotatable bonds is 8. The fourth-order valence-electron chi connectivity index (χ4n) is 8.15. The number of ether oxygens (including phenoxy) is 6. The van der Waals surface area contributed by atoms with E-state index in [4.69, 9.17) is 58.3 Å². The molecule has 0 amide bonds. The first-order valence-electron chi connectivity index (χ1n) is 16.5. The third-order valence-electron chi connectivity index (χ3n) is 10.6. The fourth-order valence-corrected chi connectivity index (χ4v) is 8.15. The molecule has 2 N–H and O–H groups in total. The summed E-state index contributed by atoms with van der Waals surface area (Å²) in [6, 6.07) is 5.43. The van der Waals surface area contributed by atoms with Crippen LogP contribution in [-0.2, 0) is 45.6 Å². The molecule has 0 aromatic carbocycles. The monoisotopic (exact) mass is 712 g/mol. The average Bonchev–Trinajstić information content (AvgIpc) is 3.19. The zero-order valence-corrected chi connectivity index (χ0v) is 29.5. The zero-order valence-electron chi connectivity index (χ0n) is 29.5. The Hall–Kier alpha value is -5.90. The van der Waals surface area contributed by atoms with E-state index in [0.29, 0.717) is 78.0 Å². The smallest absolute Gasteiger partial charge is 0.272 e. The first-order valence-corrected chi connectivity index (χ1v) is 16.5. The van der Waals surface area contributed by atoms with Crippen molar-refractivity contribution in [2.24, 2.45) is 0 Å². The van der Waals surface area contributed by atoms with Crippen LogP contribution in [0.5, 0.6) is 0 Å². The lowest BCUT2D eigenvalue weighted by Crippen LogP contribution is -2.39. The van der Waals surface area contributed by atoms with E-state index in [-0.39, 0.29) is 11.5 Å². The number of hydrogen-bond acceptors (Lipinski definition) is 14. The highest BCUT2D eigenvalue weighted by Crippen LogP contribution is 2.52. The molecule has 266 valence electrons. The molecule has 0 spiro atoms. The lowest BCUT2D eigenvalue weighted by molar-refractivity contribution is -0.209. The molecule has 0 bridgehead atoms. The second-order valence-corrected chi connectivity index (χ2v) is 12.6. The van der Waals surface area contributed by atoms with Crippen LogP contribution in [0.15, 0.2) is 72.7 Å². The maximum Gasteiger partial charge on any atom is 0.272 e. The van der Waals surface area contributed by atoms with Crippen LogP contribution < -0.4 is 0 Å². The van der Waals surface area contributed by atoms with Crippen LogP contribution in [0.3, 0.4) is 0 Å². The highest BCUT2D eigenvalue weighted by atomic mass is 16.7. The number of aliphatic hydroxyl groups excluding tert-OH is 2. The average molecular weight is 713 g/mol. The number of pyridine rings is 6. The van der Waals surface area contributed by atoms with Crippen molar-refractivity contribution in [2.75, 3.05) is 42.7 Å². The largest absolute Gasteiger partial charge is 0.508 e. The van der Waals surface area contributed by atoms with E-state index in [1.807, 2.05) is 12.1 Å². The van der Waals surface area contributed by atoms with Crippen molar-refractivity contribution in [3.63, 3.8) is 0 Å². The molecule has 0 saturated heterocycles. The van der Waals surface area contributed by atoms with Crippen LogP contribution in [0, 0.1) is 0 Å². The quantitative estimate of drug-likeness (QED) is 0.182. The second-order valence-electron chi connectivity index (χ2n) is 12.6. The van der Waals surface area contributed by atoms with Crippen molar-refractivity contribution in [3.05, 3.63) is 112 Å². The molecule has 3 aliphatic carbocycles. The van der Waals surface area contributed by atoms with Crippen molar-refractivity contribution in [2.45, 2.75) is 17.2 Å². The Morgan fingerprint density at radius 3 is 1.53 bits per heavy atom. The Balaban J connectivity index is 1.31. The summed E-state index contributed by atoms with van der Waals surface area (Å²) in [7, 11) is 8.95. The minimum atomic E-state index is -1.68. The van der Waals surface area contributed by atoms with Gasteiger partial charge >= 0.3 is 0 Å². The van der Waals surface area contributed by atoms with Crippen molar-refractivity contribution >= 4 is 50.9 Å². The molecule has 53 heavy (non-hydrogen) atoms. The van der Waals surface area contributed by atoms with Gasteiger partial charge in [-0.25, -0.2) is 0 Å². The van der Waals surface area contributed by atoms with Gasteiger partial charge in [0, 0.05) is 106 Å². The van der Waals surface area contributed by atoms with Crippen molar-refractivity contribution in [1.29, 1.82) is 0 Å². The summed E-state index contributed by atoms with van der Waals surface area (Å²) in [4.78, 5) is 29.1. The zero-order chi connectivity index (χ0) is 36.9. The fraction of sp³-hybridized carbons (Fsp3) is 0.231. The highest BCUT2D eigenvalue weighted by Gasteiger charge is 2.50. The van der Waals surface area contributed by atoms with Crippen LogP contribution in [-0.4, -0.2) is 82.8 Å². The maximum absolute atomic E-state index is 12.0. The van der Waals surface area contributed by atoms with Gasteiger partial charge in [-0.3, -0.25) is 29.9 Å². The minimum absolute atomic E-state index is 0.135. The van der Waals surface area contributed by atoms with Crippen LogP contribution in [0.4, 0.5) is 0 Å². The molecule has 9 rings (SSSR count). The van der Waals surface area contributed by atoms with Gasteiger partial charge < -0.3 is 38.6 Å². The molecule has 1 unspecified atom stereocenters. The molecule has 14 nitrogen and oxygen atoms in total. The first-order chi connectivity index (χ1) is 25.8. The number of nitrogens with zero attached hydrogens (tertiary/aromatic N) is 6. The Morgan fingerprint density at radius 2 is 0.962 bits per heavy atom. The third kappa shape index (κ3) is 3.98. The second kappa shape index (κ2) is 11.6. The summed E-state index contributed by atoms with van der Waals surface area (Å²) >= 11 is 0. The predicted octanol–water partition coefficient (Wildman–Crippen LogP) is 5.79. The van der Waals surface area contributed by atoms with E-state index in [9.17, 15) is 10.2 Å². The van der Waals surface area contributed by atoms with Gasteiger partial charge in [0.25, 0.3) is 11.6 Å². The summed E-state index contributed by atoms with van der Waals surface area (Å²) in [5.41, 5.74) is 4.97. The van der Waals surface area contributed by atoms with E-state index in [1.54, 1.807) is 62.4 Å². The molecular formula is C39H32N6O8. The lowest BCUT2D eigenvalue weighted by atomic mass is 9.79.